The fourth-order valence-electron chi connectivity index (χ4n) is 2.87. The van der Waals surface area contributed by atoms with E-state index in [-0.39, 0.29) is 6.79 Å². The van der Waals surface area contributed by atoms with E-state index in [1.54, 1.807) is 7.11 Å². The second kappa shape index (κ2) is 7.00. The summed E-state index contributed by atoms with van der Waals surface area (Å²) in [6.07, 6.45) is 5.56. The Labute approximate surface area is 125 Å². The minimum atomic E-state index is 0.262. The third kappa shape index (κ3) is 3.60. The molecular formula is C16H23NO4. The quantitative estimate of drug-likeness (QED) is 0.783. The standard InChI is InChI=1S/C16H23NO4/c1-18-14-8-12(9-15-16(14)21-11-20-15)10-17-6-7-19-13-4-2-3-5-13/h8-9,13,17H,2-7,10-11H2,1H3. The third-order valence-corrected chi connectivity index (χ3v) is 3.98. The molecule has 1 aliphatic heterocycles. The first-order chi connectivity index (χ1) is 10.4. The Balaban J connectivity index is 1.44. The number of methoxy groups -OCH3 is 1. The highest BCUT2D eigenvalue weighted by molar-refractivity contribution is 5.55. The summed E-state index contributed by atoms with van der Waals surface area (Å²) in [7, 11) is 1.64. The van der Waals surface area contributed by atoms with Gasteiger partial charge in [0.1, 0.15) is 0 Å². The number of fused-ring (bicyclic) bond motifs is 1. The minimum Gasteiger partial charge on any atom is -0.493 e. The lowest BCUT2D eigenvalue weighted by molar-refractivity contribution is 0.0602. The average Bonchev–Trinajstić information content (AvgIpc) is 3.16. The summed E-state index contributed by atoms with van der Waals surface area (Å²) >= 11 is 0. The van der Waals surface area contributed by atoms with Crippen LogP contribution in [0.25, 0.3) is 0 Å². The summed E-state index contributed by atoms with van der Waals surface area (Å²) in [5, 5.41) is 3.39. The van der Waals surface area contributed by atoms with Crippen LogP contribution in [-0.4, -0.2) is 33.2 Å². The van der Waals surface area contributed by atoms with Crippen molar-refractivity contribution in [3.05, 3.63) is 17.7 Å². The molecule has 3 rings (SSSR count). The van der Waals surface area contributed by atoms with Crippen LogP contribution in [0.1, 0.15) is 31.2 Å². The molecule has 0 amide bonds. The van der Waals surface area contributed by atoms with Crippen LogP contribution >= 0.6 is 0 Å². The molecular weight excluding hydrogens is 270 g/mol. The van der Waals surface area contributed by atoms with Gasteiger partial charge in [0.05, 0.1) is 19.8 Å². The molecule has 1 N–H and O–H groups in total. The van der Waals surface area contributed by atoms with Gasteiger partial charge in [-0.25, -0.2) is 0 Å². The summed E-state index contributed by atoms with van der Waals surface area (Å²) < 4.78 is 22.0. The monoisotopic (exact) mass is 293 g/mol. The number of ether oxygens (including phenoxy) is 4. The maximum absolute atomic E-state index is 5.83. The van der Waals surface area contributed by atoms with Crippen molar-refractivity contribution in [2.24, 2.45) is 0 Å². The Kier molecular flexibility index (Phi) is 4.83. The van der Waals surface area contributed by atoms with Gasteiger partial charge in [0.2, 0.25) is 12.5 Å². The first kappa shape index (κ1) is 14.5. The van der Waals surface area contributed by atoms with Crippen LogP contribution in [0.15, 0.2) is 12.1 Å². The highest BCUT2D eigenvalue weighted by atomic mass is 16.7. The van der Waals surface area contributed by atoms with Gasteiger partial charge in [-0.1, -0.05) is 12.8 Å². The van der Waals surface area contributed by atoms with Crippen LogP contribution in [0, 0.1) is 0 Å². The highest BCUT2D eigenvalue weighted by Crippen LogP contribution is 2.41. The molecule has 0 unspecified atom stereocenters. The molecule has 5 nitrogen and oxygen atoms in total. The molecule has 0 radical (unpaired) electrons. The third-order valence-electron chi connectivity index (χ3n) is 3.98. The first-order valence-corrected chi connectivity index (χ1v) is 7.65. The van der Waals surface area contributed by atoms with Gasteiger partial charge in [0, 0.05) is 13.1 Å². The number of hydrogen-bond acceptors (Lipinski definition) is 5. The van der Waals surface area contributed by atoms with E-state index in [4.69, 9.17) is 18.9 Å². The molecule has 1 aliphatic carbocycles. The fourth-order valence-corrected chi connectivity index (χ4v) is 2.87. The molecule has 2 aliphatic rings. The van der Waals surface area contributed by atoms with Crippen LogP contribution < -0.4 is 19.5 Å². The van der Waals surface area contributed by atoms with Crippen LogP contribution in [-0.2, 0) is 11.3 Å². The number of rotatable bonds is 7. The van der Waals surface area contributed by atoms with Crippen molar-refractivity contribution in [2.45, 2.75) is 38.3 Å². The average molecular weight is 293 g/mol. The maximum atomic E-state index is 5.83. The van der Waals surface area contributed by atoms with Crippen molar-refractivity contribution >= 4 is 0 Å². The normalized spacial score (nSPS) is 17.4. The van der Waals surface area contributed by atoms with E-state index in [2.05, 4.69) is 5.32 Å². The van der Waals surface area contributed by atoms with Crippen LogP contribution in [0.2, 0.25) is 0 Å². The van der Waals surface area contributed by atoms with Crippen molar-refractivity contribution in [2.75, 3.05) is 27.1 Å². The molecule has 5 heteroatoms. The minimum absolute atomic E-state index is 0.262. The summed E-state index contributed by atoms with van der Waals surface area (Å²) in [5.74, 6) is 2.18. The van der Waals surface area contributed by atoms with Gasteiger partial charge in [0.15, 0.2) is 11.5 Å². The summed E-state index contributed by atoms with van der Waals surface area (Å²) in [6.45, 7) is 2.65. The van der Waals surface area contributed by atoms with E-state index in [1.165, 1.54) is 25.7 Å². The molecule has 0 atom stereocenters. The zero-order valence-electron chi connectivity index (χ0n) is 12.5. The largest absolute Gasteiger partial charge is 0.493 e. The SMILES string of the molecule is COc1cc(CNCCOC2CCCC2)cc2c1OCO2. The zero-order valence-corrected chi connectivity index (χ0v) is 12.5. The molecule has 21 heavy (non-hydrogen) atoms. The maximum Gasteiger partial charge on any atom is 0.231 e. The second-order valence-electron chi connectivity index (χ2n) is 5.49. The van der Waals surface area contributed by atoms with Crippen LogP contribution in [0.3, 0.4) is 0 Å². The molecule has 116 valence electrons. The van der Waals surface area contributed by atoms with E-state index in [0.717, 1.165) is 36.8 Å². The molecule has 1 saturated carbocycles. The van der Waals surface area contributed by atoms with Crippen molar-refractivity contribution in [3.63, 3.8) is 0 Å². The van der Waals surface area contributed by atoms with Gasteiger partial charge < -0.3 is 24.3 Å². The molecule has 0 spiro atoms. The van der Waals surface area contributed by atoms with E-state index >= 15 is 0 Å². The molecule has 1 aromatic carbocycles. The van der Waals surface area contributed by atoms with Gasteiger partial charge >= 0.3 is 0 Å². The van der Waals surface area contributed by atoms with Gasteiger partial charge in [-0.3, -0.25) is 0 Å². The van der Waals surface area contributed by atoms with E-state index < -0.39 is 0 Å². The Hall–Kier alpha value is -1.46. The van der Waals surface area contributed by atoms with Gasteiger partial charge in [-0.15, -0.1) is 0 Å². The predicted molar refractivity (Wildman–Crippen MR) is 79.0 cm³/mol. The van der Waals surface area contributed by atoms with E-state index in [0.29, 0.717) is 11.9 Å². The molecule has 1 fully saturated rings. The van der Waals surface area contributed by atoms with Crippen molar-refractivity contribution in [1.29, 1.82) is 0 Å². The Morgan fingerprint density at radius 2 is 2.10 bits per heavy atom. The Morgan fingerprint density at radius 1 is 1.24 bits per heavy atom. The molecule has 0 saturated heterocycles. The Bertz CT molecular complexity index is 472. The van der Waals surface area contributed by atoms with Crippen molar-refractivity contribution in [1.82, 2.24) is 5.32 Å². The van der Waals surface area contributed by atoms with Crippen LogP contribution in [0.5, 0.6) is 17.2 Å². The summed E-state index contributed by atoms with van der Waals surface area (Å²) in [6, 6.07) is 3.98. The molecule has 0 bridgehead atoms. The number of nitrogens with one attached hydrogen (secondary N) is 1. The van der Waals surface area contributed by atoms with Gasteiger partial charge in [-0.2, -0.15) is 0 Å². The molecule has 1 aromatic rings. The smallest absolute Gasteiger partial charge is 0.231 e. The summed E-state index contributed by atoms with van der Waals surface area (Å²) in [5.41, 5.74) is 1.12. The van der Waals surface area contributed by atoms with E-state index in [1.807, 2.05) is 12.1 Å². The van der Waals surface area contributed by atoms with Crippen molar-refractivity contribution in [3.8, 4) is 17.2 Å². The first-order valence-electron chi connectivity index (χ1n) is 7.65. The van der Waals surface area contributed by atoms with Crippen molar-refractivity contribution < 1.29 is 18.9 Å². The topological polar surface area (TPSA) is 49.0 Å². The summed E-state index contributed by atoms with van der Waals surface area (Å²) in [4.78, 5) is 0. The zero-order chi connectivity index (χ0) is 14.5. The Morgan fingerprint density at radius 3 is 2.90 bits per heavy atom. The van der Waals surface area contributed by atoms with Gasteiger partial charge in [0.25, 0.3) is 0 Å². The number of hydrogen-bond donors (Lipinski definition) is 1. The molecule has 0 aromatic heterocycles. The lowest BCUT2D eigenvalue weighted by atomic mass is 10.2. The molecule has 1 heterocycles. The van der Waals surface area contributed by atoms with Gasteiger partial charge in [-0.05, 0) is 30.5 Å². The lowest BCUT2D eigenvalue weighted by Gasteiger charge is -2.12. The number of benzene rings is 1. The van der Waals surface area contributed by atoms with E-state index in [9.17, 15) is 0 Å². The highest BCUT2D eigenvalue weighted by Gasteiger charge is 2.20. The predicted octanol–water partition coefficient (Wildman–Crippen LogP) is 2.47. The lowest BCUT2D eigenvalue weighted by Crippen LogP contribution is -2.21. The van der Waals surface area contributed by atoms with Crippen LogP contribution in [0.4, 0.5) is 0 Å². The fraction of sp³-hybridized carbons (Fsp3) is 0.625. The second-order valence-corrected chi connectivity index (χ2v) is 5.49.